The highest BCUT2D eigenvalue weighted by Gasteiger charge is 2.05. The lowest BCUT2D eigenvalue weighted by atomic mass is 10.1. The van der Waals surface area contributed by atoms with Crippen LogP contribution in [0.3, 0.4) is 0 Å². The molecule has 0 bridgehead atoms. The minimum atomic E-state index is 0. The Hall–Kier alpha value is -1.11. The van der Waals surface area contributed by atoms with Gasteiger partial charge in [0, 0.05) is 23.1 Å². The summed E-state index contributed by atoms with van der Waals surface area (Å²) in [7, 11) is 0. The summed E-state index contributed by atoms with van der Waals surface area (Å²) in [5.41, 5.74) is 3.49. The van der Waals surface area contributed by atoms with Crippen LogP contribution in [0.5, 0.6) is 5.75 Å². The van der Waals surface area contributed by atoms with Crippen molar-refractivity contribution in [2.45, 2.75) is 20.1 Å². The summed E-state index contributed by atoms with van der Waals surface area (Å²) in [6, 6.07) is 14.4. The second-order valence-corrected chi connectivity index (χ2v) is 6.45. The molecule has 25 heavy (non-hydrogen) atoms. The molecule has 2 aromatic rings. The van der Waals surface area contributed by atoms with Gasteiger partial charge in [-0.3, -0.25) is 0 Å². The fourth-order valence-electron chi connectivity index (χ4n) is 2.21. The molecule has 0 aliphatic heterocycles. The third kappa shape index (κ3) is 8.21. The van der Waals surface area contributed by atoms with E-state index < -0.39 is 0 Å². The molecule has 0 aliphatic rings. The fourth-order valence-corrected chi connectivity index (χ4v) is 2.61. The summed E-state index contributed by atoms with van der Waals surface area (Å²) in [5, 5.41) is 12.0. The number of rotatable bonds is 10. The van der Waals surface area contributed by atoms with Gasteiger partial charge in [0.25, 0.3) is 0 Å². The van der Waals surface area contributed by atoms with Crippen LogP contribution in [-0.2, 0) is 17.9 Å². The third-order valence-electron chi connectivity index (χ3n) is 3.51. The van der Waals surface area contributed by atoms with Gasteiger partial charge in [-0.05, 0) is 30.7 Å². The maximum absolute atomic E-state index is 8.67. The van der Waals surface area contributed by atoms with E-state index in [0.29, 0.717) is 26.4 Å². The van der Waals surface area contributed by atoms with Gasteiger partial charge in [-0.15, -0.1) is 12.4 Å². The zero-order valence-electron chi connectivity index (χ0n) is 14.3. The predicted octanol–water partition coefficient (Wildman–Crippen LogP) is 3.86. The van der Waals surface area contributed by atoms with Gasteiger partial charge in [-0.25, -0.2) is 0 Å². The lowest BCUT2D eigenvalue weighted by molar-refractivity contribution is 0.0937. The van der Waals surface area contributed by atoms with Crippen LogP contribution in [0.15, 0.2) is 46.9 Å². The second-order valence-electron chi connectivity index (χ2n) is 5.54. The van der Waals surface area contributed by atoms with Gasteiger partial charge in [-0.1, -0.05) is 45.8 Å². The maximum Gasteiger partial charge on any atom is 0.124 e. The molecule has 0 aromatic heterocycles. The molecule has 0 aliphatic carbocycles. The molecule has 2 N–H and O–H groups in total. The first kappa shape index (κ1) is 21.9. The molecular weight excluding hydrogens is 406 g/mol. The minimum absolute atomic E-state index is 0. The van der Waals surface area contributed by atoms with Crippen LogP contribution < -0.4 is 10.1 Å². The first-order chi connectivity index (χ1) is 11.7. The summed E-state index contributed by atoms with van der Waals surface area (Å²) >= 11 is 3.51. The number of aryl methyl sites for hydroxylation is 1. The van der Waals surface area contributed by atoms with E-state index in [2.05, 4.69) is 58.5 Å². The van der Waals surface area contributed by atoms with E-state index in [1.54, 1.807) is 0 Å². The summed E-state index contributed by atoms with van der Waals surface area (Å²) in [6.07, 6.45) is 0. The lowest BCUT2D eigenvalue weighted by Gasteiger charge is -2.13. The predicted molar refractivity (Wildman–Crippen MR) is 107 cm³/mol. The normalized spacial score (nSPS) is 10.4. The Balaban J connectivity index is 0.00000312. The smallest absolute Gasteiger partial charge is 0.124 e. The van der Waals surface area contributed by atoms with Crippen LogP contribution in [0.1, 0.15) is 16.7 Å². The minimum Gasteiger partial charge on any atom is -0.489 e. The average molecular weight is 431 g/mol. The standard InChI is InChI=1S/C19H24BrNO3.ClH/c1-15-2-4-16(5-3-15)14-24-19-7-6-18(20)12-17(19)13-21-8-10-23-11-9-22;/h2-7,12,21-22H,8-11,13-14H2,1H3;1H. The van der Waals surface area contributed by atoms with Crippen molar-refractivity contribution in [3.05, 3.63) is 63.6 Å². The Morgan fingerprint density at radius 2 is 1.84 bits per heavy atom. The third-order valence-corrected chi connectivity index (χ3v) is 4.00. The van der Waals surface area contributed by atoms with E-state index in [4.69, 9.17) is 14.6 Å². The topological polar surface area (TPSA) is 50.7 Å². The van der Waals surface area contributed by atoms with E-state index >= 15 is 0 Å². The number of aliphatic hydroxyl groups excluding tert-OH is 1. The van der Waals surface area contributed by atoms with Crippen molar-refractivity contribution in [2.24, 2.45) is 0 Å². The summed E-state index contributed by atoms with van der Waals surface area (Å²) in [5.74, 6) is 0.877. The highest BCUT2D eigenvalue weighted by molar-refractivity contribution is 9.10. The largest absolute Gasteiger partial charge is 0.489 e. The maximum atomic E-state index is 8.67. The highest BCUT2D eigenvalue weighted by atomic mass is 79.9. The summed E-state index contributed by atoms with van der Waals surface area (Å²) < 4.78 is 12.3. The van der Waals surface area contributed by atoms with E-state index in [0.717, 1.165) is 27.9 Å². The van der Waals surface area contributed by atoms with Crippen LogP contribution in [0.2, 0.25) is 0 Å². The Morgan fingerprint density at radius 1 is 1.08 bits per heavy atom. The Bertz CT molecular complexity index is 623. The Kier molecular flexibility index (Phi) is 10.8. The van der Waals surface area contributed by atoms with Crippen molar-refractivity contribution >= 4 is 28.3 Å². The SMILES string of the molecule is Cc1ccc(COc2ccc(Br)cc2CNCCOCCO)cc1.Cl. The number of hydrogen-bond donors (Lipinski definition) is 2. The van der Waals surface area contributed by atoms with Crippen molar-refractivity contribution in [3.63, 3.8) is 0 Å². The molecule has 2 rings (SSSR count). The van der Waals surface area contributed by atoms with Crippen molar-refractivity contribution in [1.29, 1.82) is 0 Å². The van der Waals surface area contributed by atoms with Crippen molar-refractivity contribution < 1.29 is 14.6 Å². The molecule has 0 saturated heterocycles. The Morgan fingerprint density at radius 3 is 2.56 bits per heavy atom. The number of hydrogen-bond acceptors (Lipinski definition) is 4. The van der Waals surface area contributed by atoms with E-state index in [9.17, 15) is 0 Å². The molecule has 0 amide bonds. The molecule has 2 aromatic carbocycles. The molecular formula is C19H25BrClNO3. The number of nitrogens with one attached hydrogen (secondary N) is 1. The molecule has 0 fully saturated rings. The molecule has 0 heterocycles. The van der Waals surface area contributed by atoms with Gasteiger partial charge in [0.1, 0.15) is 12.4 Å². The van der Waals surface area contributed by atoms with Gasteiger partial charge in [0.15, 0.2) is 0 Å². The van der Waals surface area contributed by atoms with Crippen LogP contribution >= 0.6 is 28.3 Å². The van der Waals surface area contributed by atoms with E-state index in [1.807, 2.05) is 12.1 Å². The first-order valence-corrected chi connectivity index (χ1v) is 8.84. The van der Waals surface area contributed by atoms with E-state index in [-0.39, 0.29) is 19.0 Å². The Labute approximate surface area is 164 Å². The molecule has 6 heteroatoms. The molecule has 4 nitrogen and oxygen atoms in total. The van der Waals surface area contributed by atoms with Gasteiger partial charge in [0.2, 0.25) is 0 Å². The molecule has 0 atom stereocenters. The summed E-state index contributed by atoms with van der Waals surface area (Å²) in [4.78, 5) is 0. The van der Waals surface area contributed by atoms with Crippen molar-refractivity contribution in [1.82, 2.24) is 5.32 Å². The highest BCUT2D eigenvalue weighted by Crippen LogP contribution is 2.24. The number of benzene rings is 2. The number of ether oxygens (including phenoxy) is 2. The lowest BCUT2D eigenvalue weighted by Crippen LogP contribution is -2.20. The molecule has 138 valence electrons. The number of halogens is 2. The monoisotopic (exact) mass is 429 g/mol. The van der Waals surface area contributed by atoms with E-state index in [1.165, 1.54) is 5.56 Å². The van der Waals surface area contributed by atoms with Crippen LogP contribution in [0, 0.1) is 6.92 Å². The van der Waals surface area contributed by atoms with Gasteiger partial charge in [0.05, 0.1) is 19.8 Å². The van der Waals surface area contributed by atoms with Gasteiger partial charge < -0.3 is 19.9 Å². The van der Waals surface area contributed by atoms with Gasteiger partial charge >= 0.3 is 0 Å². The second kappa shape index (κ2) is 12.3. The van der Waals surface area contributed by atoms with Crippen LogP contribution in [0.25, 0.3) is 0 Å². The average Bonchev–Trinajstić information content (AvgIpc) is 2.58. The quantitative estimate of drug-likeness (QED) is 0.562. The van der Waals surface area contributed by atoms with Crippen molar-refractivity contribution in [2.75, 3.05) is 26.4 Å². The number of aliphatic hydroxyl groups is 1. The zero-order chi connectivity index (χ0) is 17.2. The molecule has 0 unspecified atom stereocenters. The first-order valence-electron chi connectivity index (χ1n) is 8.05. The molecule has 0 saturated carbocycles. The fraction of sp³-hybridized carbons (Fsp3) is 0.368. The molecule has 0 spiro atoms. The molecule has 0 radical (unpaired) electrons. The van der Waals surface area contributed by atoms with Gasteiger partial charge in [-0.2, -0.15) is 0 Å². The zero-order valence-corrected chi connectivity index (χ0v) is 16.7. The van der Waals surface area contributed by atoms with Crippen LogP contribution in [0.4, 0.5) is 0 Å². The summed E-state index contributed by atoms with van der Waals surface area (Å²) in [6.45, 7) is 5.07. The van der Waals surface area contributed by atoms with Crippen LogP contribution in [-0.4, -0.2) is 31.5 Å². The van der Waals surface area contributed by atoms with Crippen molar-refractivity contribution in [3.8, 4) is 5.75 Å².